The number of ether oxygens (including phenoxy) is 1. The zero-order valence-corrected chi connectivity index (χ0v) is 12.6. The maximum Gasteiger partial charge on any atom is 0.160 e. The Morgan fingerprint density at radius 1 is 1.14 bits per heavy atom. The lowest BCUT2D eigenvalue weighted by Crippen LogP contribution is -2.08. The first kappa shape index (κ1) is 13.6. The first-order chi connectivity index (χ1) is 10.2. The van der Waals surface area contributed by atoms with E-state index in [2.05, 4.69) is 29.5 Å². The maximum absolute atomic E-state index is 5.45. The second-order valence-corrected chi connectivity index (χ2v) is 5.37. The molecule has 0 radical (unpaired) electrons. The molecule has 0 atom stereocenters. The molecule has 0 aliphatic heterocycles. The Bertz CT molecular complexity index is 762. The first-order valence-corrected chi connectivity index (χ1v) is 7.13. The number of methoxy groups -OCH3 is 1. The van der Waals surface area contributed by atoms with Gasteiger partial charge in [0.15, 0.2) is 5.65 Å². The third-order valence-corrected chi connectivity index (χ3v) is 3.57. The number of rotatable bonds is 4. The van der Waals surface area contributed by atoms with E-state index in [0.29, 0.717) is 12.5 Å². The highest BCUT2D eigenvalue weighted by Gasteiger charge is 2.15. The predicted molar refractivity (Wildman–Crippen MR) is 83.7 cm³/mol. The highest BCUT2D eigenvalue weighted by atomic mass is 16.5. The van der Waals surface area contributed by atoms with Crippen LogP contribution in [0.3, 0.4) is 0 Å². The van der Waals surface area contributed by atoms with Crippen LogP contribution in [0.2, 0.25) is 0 Å². The highest BCUT2D eigenvalue weighted by Crippen LogP contribution is 2.24. The molecular weight excluding hydrogens is 262 g/mol. The Kier molecular flexibility index (Phi) is 3.60. The normalized spacial score (nSPS) is 11.2. The summed E-state index contributed by atoms with van der Waals surface area (Å²) in [6, 6.07) is 12.0. The van der Waals surface area contributed by atoms with Gasteiger partial charge in [0, 0.05) is 17.7 Å². The lowest BCUT2D eigenvalue weighted by molar-refractivity contribution is 0.408. The van der Waals surface area contributed by atoms with Crippen molar-refractivity contribution in [3.8, 4) is 5.75 Å². The SMILES string of the molecule is COc1ccccc1Cn1c(C(C)C)nc2cccnc21. The zero-order valence-electron chi connectivity index (χ0n) is 12.6. The molecule has 2 heterocycles. The molecular formula is C17H19N3O. The van der Waals surface area contributed by atoms with E-state index in [0.717, 1.165) is 28.3 Å². The molecule has 3 aromatic rings. The molecule has 0 N–H and O–H groups in total. The van der Waals surface area contributed by atoms with E-state index in [1.807, 2.05) is 36.5 Å². The van der Waals surface area contributed by atoms with Gasteiger partial charge in [0.2, 0.25) is 0 Å². The fraction of sp³-hybridized carbons (Fsp3) is 0.294. The molecule has 4 heteroatoms. The molecule has 3 rings (SSSR count). The number of fused-ring (bicyclic) bond motifs is 1. The fourth-order valence-corrected chi connectivity index (χ4v) is 2.58. The van der Waals surface area contributed by atoms with E-state index < -0.39 is 0 Å². The number of hydrogen-bond acceptors (Lipinski definition) is 3. The summed E-state index contributed by atoms with van der Waals surface area (Å²) in [5, 5.41) is 0. The highest BCUT2D eigenvalue weighted by molar-refractivity contribution is 5.71. The van der Waals surface area contributed by atoms with Crippen molar-refractivity contribution in [1.29, 1.82) is 0 Å². The molecule has 0 saturated carbocycles. The van der Waals surface area contributed by atoms with E-state index in [4.69, 9.17) is 9.72 Å². The van der Waals surface area contributed by atoms with Gasteiger partial charge in [-0.15, -0.1) is 0 Å². The van der Waals surface area contributed by atoms with Crippen LogP contribution in [0, 0.1) is 0 Å². The molecule has 0 amide bonds. The van der Waals surface area contributed by atoms with Crippen LogP contribution in [0.4, 0.5) is 0 Å². The van der Waals surface area contributed by atoms with Crippen LogP contribution in [-0.2, 0) is 6.54 Å². The monoisotopic (exact) mass is 281 g/mol. The van der Waals surface area contributed by atoms with Gasteiger partial charge >= 0.3 is 0 Å². The van der Waals surface area contributed by atoms with Crippen LogP contribution in [0.5, 0.6) is 5.75 Å². The molecule has 0 fully saturated rings. The number of pyridine rings is 1. The number of para-hydroxylation sites is 1. The van der Waals surface area contributed by atoms with Crippen molar-refractivity contribution >= 4 is 11.2 Å². The van der Waals surface area contributed by atoms with Crippen LogP contribution < -0.4 is 4.74 Å². The van der Waals surface area contributed by atoms with Crippen molar-refractivity contribution in [2.45, 2.75) is 26.3 Å². The Morgan fingerprint density at radius 3 is 2.71 bits per heavy atom. The summed E-state index contributed by atoms with van der Waals surface area (Å²) in [7, 11) is 1.70. The average Bonchev–Trinajstić information content (AvgIpc) is 2.87. The lowest BCUT2D eigenvalue weighted by atomic mass is 10.1. The van der Waals surface area contributed by atoms with Gasteiger partial charge in [-0.1, -0.05) is 32.0 Å². The molecule has 1 aromatic carbocycles. The van der Waals surface area contributed by atoms with Gasteiger partial charge in [-0.2, -0.15) is 0 Å². The van der Waals surface area contributed by atoms with Crippen molar-refractivity contribution in [3.63, 3.8) is 0 Å². The van der Waals surface area contributed by atoms with Gasteiger partial charge in [0.25, 0.3) is 0 Å². The number of hydrogen-bond donors (Lipinski definition) is 0. The smallest absolute Gasteiger partial charge is 0.160 e. The summed E-state index contributed by atoms with van der Waals surface area (Å²) in [6.45, 7) is 5.02. The summed E-state index contributed by atoms with van der Waals surface area (Å²) in [5.41, 5.74) is 3.00. The minimum absolute atomic E-state index is 0.342. The summed E-state index contributed by atoms with van der Waals surface area (Å²) in [4.78, 5) is 9.22. The quantitative estimate of drug-likeness (QED) is 0.733. The molecule has 0 aliphatic carbocycles. The van der Waals surface area contributed by atoms with E-state index in [1.165, 1.54) is 0 Å². The average molecular weight is 281 g/mol. The predicted octanol–water partition coefficient (Wildman–Crippen LogP) is 3.61. The Morgan fingerprint density at radius 2 is 1.95 bits per heavy atom. The first-order valence-electron chi connectivity index (χ1n) is 7.13. The van der Waals surface area contributed by atoms with Gasteiger partial charge in [0.1, 0.15) is 17.1 Å². The van der Waals surface area contributed by atoms with Gasteiger partial charge < -0.3 is 9.30 Å². The Labute approximate surface area is 124 Å². The molecule has 0 unspecified atom stereocenters. The summed E-state index contributed by atoms with van der Waals surface area (Å²) >= 11 is 0. The van der Waals surface area contributed by atoms with Crippen LogP contribution >= 0.6 is 0 Å². The number of aromatic nitrogens is 3. The minimum atomic E-state index is 0.342. The van der Waals surface area contributed by atoms with Gasteiger partial charge in [-0.3, -0.25) is 0 Å². The Balaban J connectivity index is 2.13. The molecule has 108 valence electrons. The third kappa shape index (κ3) is 2.49. The van der Waals surface area contributed by atoms with Crippen LogP contribution in [0.15, 0.2) is 42.6 Å². The van der Waals surface area contributed by atoms with Crippen molar-refractivity contribution in [1.82, 2.24) is 14.5 Å². The summed E-state index contributed by atoms with van der Waals surface area (Å²) < 4.78 is 7.63. The lowest BCUT2D eigenvalue weighted by Gasteiger charge is -2.13. The van der Waals surface area contributed by atoms with Gasteiger partial charge in [-0.05, 0) is 18.2 Å². The fourth-order valence-electron chi connectivity index (χ4n) is 2.58. The molecule has 2 aromatic heterocycles. The van der Waals surface area contributed by atoms with E-state index >= 15 is 0 Å². The van der Waals surface area contributed by atoms with Crippen molar-refractivity contribution < 1.29 is 4.74 Å². The Hall–Kier alpha value is -2.36. The van der Waals surface area contributed by atoms with E-state index in [9.17, 15) is 0 Å². The molecule has 0 spiro atoms. The van der Waals surface area contributed by atoms with Crippen LogP contribution in [0.25, 0.3) is 11.2 Å². The van der Waals surface area contributed by atoms with Gasteiger partial charge in [0.05, 0.1) is 13.7 Å². The van der Waals surface area contributed by atoms with Crippen LogP contribution in [0.1, 0.15) is 31.2 Å². The summed E-state index contributed by atoms with van der Waals surface area (Å²) in [5.74, 6) is 2.29. The minimum Gasteiger partial charge on any atom is -0.496 e. The second kappa shape index (κ2) is 5.56. The molecule has 0 bridgehead atoms. The number of nitrogens with zero attached hydrogens (tertiary/aromatic N) is 3. The number of benzene rings is 1. The molecule has 4 nitrogen and oxygen atoms in total. The topological polar surface area (TPSA) is 39.9 Å². The zero-order chi connectivity index (χ0) is 14.8. The van der Waals surface area contributed by atoms with Crippen LogP contribution in [-0.4, -0.2) is 21.6 Å². The van der Waals surface area contributed by atoms with E-state index in [1.54, 1.807) is 7.11 Å². The van der Waals surface area contributed by atoms with Crippen molar-refractivity contribution in [3.05, 3.63) is 54.0 Å². The molecule has 0 aliphatic rings. The van der Waals surface area contributed by atoms with Crippen molar-refractivity contribution in [2.75, 3.05) is 7.11 Å². The van der Waals surface area contributed by atoms with Gasteiger partial charge in [-0.25, -0.2) is 9.97 Å². The molecule has 21 heavy (non-hydrogen) atoms. The molecule has 0 saturated heterocycles. The van der Waals surface area contributed by atoms with E-state index in [-0.39, 0.29) is 0 Å². The summed E-state index contributed by atoms with van der Waals surface area (Å²) in [6.07, 6.45) is 1.81. The number of imidazole rings is 1. The third-order valence-electron chi connectivity index (χ3n) is 3.57. The second-order valence-electron chi connectivity index (χ2n) is 5.37. The standard InChI is InChI=1S/C17H19N3O/c1-12(2)16-19-14-8-6-10-18-17(14)20(16)11-13-7-4-5-9-15(13)21-3/h4-10,12H,11H2,1-3H3. The maximum atomic E-state index is 5.45. The van der Waals surface area contributed by atoms with Crippen molar-refractivity contribution in [2.24, 2.45) is 0 Å². The largest absolute Gasteiger partial charge is 0.496 e.